The highest BCUT2D eigenvalue weighted by molar-refractivity contribution is 6.39. The number of halogens is 2. The number of anilines is 2. The third-order valence-corrected chi connectivity index (χ3v) is 7.80. The van der Waals surface area contributed by atoms with Gasteiger partial charge in [-0.2, -0.15) is 0 Å². The number of carbonyl (C=O) groups is 1. The lowest BCUT2D eigenvalue weighted by molar-refractivity contribution is -0.111. The molecule has 1 N–H and O–H groups in total. The van der Waals surface area contributed by atoms with Crippen LogP contribution in [0.1, 0.15) is 24.0 Å². The van der Waals surface area contributed by atoms with Crippen LogP contribution in [-0.2, 0) is 9.53 Å². The first-order valence-corrected chi connectivity index (χ1v) is 13.2. The van der Waals surface area contributed by atoms with Crippen LogP contribution in [0.25, 0.3) is 5.57 Å². The second-order valence-electron chi connectivity index (χ2n) is 9.14. The maximum atomic E-state index is 12.2. The number of hydrogen-bond donors (Lipinski definition) is 1. The lowest BCUT2D eigenvalue weighted by atomic mass is 9.86. The standard InChI is InChI=1S/C29H29Cl2N3O4/c1-4-25(35)33-22-8-6-19(34-9-11-38-12-10-34)14-21(22)29-20-7-5-17(13-18(20)16-32-29)26-27(30)23(36-2)15-24(37-3)28(26)31/h4,6,8,13-15H,1,5,7,9-12,16H2,2-3H3,(H,33,35). The summed E-state index contributed by atoms with van der Waals surface area (Å²) in [5.41, 5.74) is 7.56. The molecule has 38 heavy (non-hydrogen) atoms. The van der Waals surface area contributed by atoms with Gasteiger partial charge in [-0.05, 0) is 53.8 Å². The Morgan fingerprint density at radius 1 is 1.11 bits per heavy atom. The van der Waals surface area contributed by atoms with Crippen molar-refractivity contribution in [3.8, 4) is 11.5 Å². The number of benzene rings is 2. The van der Waals surface area contributed by atoms with E-state index in [1.807, 2.05) is 12.1 Å². The third kappa shape index (κ3) is 4.94. The summed E-state index contributed by atoms with van der Waals surface area (Å²) < 4.78 is 16.5. The molecule has 0 unspecified atom stereocenters. The first-order chi connectivity index (χ1) is 18.4. The molecule has 2 aromatic rings. The van der Waals surface area contributed by atoms with Crippen molar-refractivity contribution in [3.05, 3.63) is 75.3 Å². The van der Waals surface area contributed by atoms with Gasteiger partial charge in [0, 0.05) is 36.0 Å². The second kappa shape index (κ2) is 11.2. The van der Waals surface area contributed by atoms with Crippen molar-refractivity contribution in [2.45, 2.75) is 12.8 Å². The van der Waals surface area contributed by atoms with Gasteiger partial charge in [0.15, 0.2) is 0 Å². The molecule has 1 fully saturated rings. The van der Waals surface area contributed by atoms with Crippen molar-refractivity contribution in [3.63, 3.8) is 0 Å². The van der Waals surface area contributed by atoms with E-state index in [2.05, 4.69) is 28.9 Å². The van der Waals surface area contributed by atoms with E-state index in [9.17, 15) is 4.79 Å². The summed E-state index contributed by atoms with van der Waals surface area (Å²) in [6, 6.07) is 7.77. The normalized spacial score (nSPS) is 17.0. The van der Waals surface area contributed by atoms with Crippen LogP contribution >= 0.6 is 23.2 Å². The van der Waals surface area contributed by atoms with E-state index in [-0.39, 0.29) is 5.91 Å². The van der Waals surface area contributed by atoms with E-state index < -0.39 is 0 Å². The molecule has 1 aliphatic carbocycles. The van der Waals surface area contributed by atoms with E-state index in [4.69, 9.17) is 42.4 Å². The molecule has 7 nitrogen and oxygen atoms in total. The predicted octanol–water partition coefficient (Wildman–Crippen LogP) is 5.95. The molecular formula is C29H29Cl2N3O4. The zero-order valence-corrected chi connectivity index (χ0v) is 22.9. The zero-order valence-electron chi connectivity index (χ0n) is 21.4. The average Bonchev–Trinajstić information content (AvgIpc) is 3.37. The number of methoxy groups -OCH3 is 2. The molecule has 0 aromatic heterocycles. The molecule has 2 aromatic carbocycles. The summed E-state index contributed by atoms with van der Waals surface area (Å²) in [5, 5.41) is 3.87. The lowest BCUT2D eigenvalue weighted by Gasteiger charge is -2.29. The van der Waals surface area contributed by atoms with Crippen LogP contribution in [0, 0.1) is 0 Å². The van der Waals surface area contributed by atoms with Crippen LogP contribution < -0.4 is 19.7 Å². The summed E-state index contributed by atoms with van der Waals surface area (Å²) in [7, 11) is 3.14. The Morgan fingerprint density at radius 3 is 2.47 bits per heavy atom. The summed E-state index contributed by atoms with van der Waals surface area (Å²) in [6.07, 6.45) is 4.86. The summed E-state index contributed by atoms with van der Waals surface area (Å²) in [4.78, 5) is 19.4. The van der Waals surface area contributed by atoms with E-state index in [0.29, 0.717) is 53.4 Å². The number of hydrogen-bond acceptors (Lipinski definition) is 6. The molecule has 3 aliphatic rings. The summed E-state index contributed by atoms with van der Waals surface area (Å²) in [5.74, 6) is 0.754. The molecule has 0 saturated carbocycles. The Balaban J connectivity index is 1.55. The molecule has 0 spiro atoms. The topological polar surface area (TPSA) is 72.4 Å². The van der Waals surface area contributed by atoms with Gasteiger partial charge in [-0.1, -0.05) is 35.9 Å². The van der Waals surface area contributed by atoms with Crippen LogP contribution in [0.5, 0.6) is 11.5 Å². The maximum absolute atomic E-state index is 12.2. The number of nitrogens with zero attached hydrogens (tertiary/aromatic N) is 2. The predicted molar refractivity (Wildman–Crippen MR) is 154 cm³/mol. The molecule has 0 atom stereocenters. The number of allylic oxidation sites excluding steroid dienone is 2. The molecule has 0 bridgehead atoms. The minimum absolute atomic E-state index is 0.264. The van der Waals surface area contributed by atoms with Gasteiger partial charge in [0.25, 0.3) is 0 Å². The fraction of sp³-hybridized carbons (Fsp3) is 0.310. The summed E-state index contributed by atoms with van der Waals surface area (Å²) >= 11 is 13.4. The van der Waals surface area contributed by atoms with Gasteiger partial charge in [-0.25, -0.2) is 0 Å². The molecule has 1 saturated heterocycles. The number of aliphatic imine (C=N–C) groups is 1. The van der Waals surface area contributed by atoms with Gasteiger partial charge < -0.3 is 24.4 Å². The van der Waals surface area contributed by atoms with Crippen molar-refractivity contribution in [1.29, 1.82) is 0 Å². The monoisotopic (exact) mass is 553 g/mol. The van der Waals surface area contributed by atoms with Gasteiger partial charge >= 0.3 is 0 Å². The van der Waals surface area contributed by atoms with E-state index >= 15 is 0 Å². The smallest absolute Gasteiger partial charge is 0.247 e. The van der Waals surface area contributed by atoms with Crippen molar-refractivity contribution in [2.24, 2.45) is 4.99 Å². The van der Waals surface area contributed by atoms with Gasteiger partial charge in [-0.3, -0.25) is 9.79 Å². The molecule has 0 radical (unpaired) electrons. The minimum Gasteiger partial charge on any atom is -0.495 e. The van der Waals surface area contributed by atoms with Crippen molar-refractivity contribution >= 4 is 51.8 Å². The van der Waals surface area contributed by atoms with Crippen molar-refractivity contribution in [2.75, 3.05) is 57.3 Å². The highest BCUT2D eigenvalue weighted by Gasteiger charge is 2.29. The van der Waals surface area contributed by atoms with Crippen LogP contribution in [0.4, 0.5) is 11.4 Å². The maximum Gasteiger partial charge on any atom is 0.247 e. The number of morpholine rings is 1. The molecule has 9 heteroatoms. The number of amides is 1. The Labute approximate surface area is 232 Å². The van der Waals surface area contributed by atoms with Gasteiger partial charge in [0.05, 0.1) is 55.4 Å². The van der Waals surface area contributed by atoms with E-state index in [1.165, 1.54) is 6.08 Å². The molecule has 1 amide bonds. The SMILES string of the molecule is C=CC(=O)Nc1ccc(N2CCOCC2)cc1C1=NCC2=C1CCC(c1c(Cl)c(OC)cc(OC)c1Cl)=C2. The van der Waals surface area contributed by atoms with Gasteiger partial charge in [0.1, 0.15) is 11.5 Å². The zero-order chi connectivity index (χ0) is 26.8. The van der Waals surface area contributed by atoms with Crippen LogP contribution in [-0.4, -0.2) is 58.7 Å². The van der Waals surface area contributed by atoms with Crippen LogP contribution in [0.3, 0.4) is 0 Å². The van der Waals surface area contributed by atoms with Crippen LogP contribution in [0.2, 0.25) is 10.0 Å². The van der Waals surface area contributed by atoms with Crippen LogP contribution in [0.15, 0.2) is 59.1 Å². The number of ether oxygens (including phenoxy) is 3. The van der Waals surface area contributed by atoms with Crippen molar-refractivity contribution in [1.82, 2.24) is 0 Å². The molecular weight excluding hydrogens is 525 g/mol. The number of rotatable bonds is 7. The second-order valence-corrected chi connectivity index (χ2v) is 9.90. The third-order valence-electron chi connectivity index (χ3n) is 7.05. The van der Waals surface area contributed by atoms with E-state index in [0.717, 1.165) is 58.8 Å². The minimum atomic E-state index is -0.264. The first-order valence-electron chi connectivity index (χ1n) is 12.4. The summed E-state index contributed by atoms with van der Waals surface area (Å²) in [6.45, 7) is 7.13. The van der Waals surface area contributed by atoms with Gasteiger partial charge in [-0.15, -0.1) is 0 Å². The Morgan fingerprint density at radius 2 is 1.82 bits per heavy atom. The van der Waals surface area contributed by atoms with Crippen molar-refractivity contribution < 1.29 is 19.0 Å². The molecule has 198 valence electrons. The highest BCUT2D eigenvalue weighted by Crippen LogP contribution is 2.47. The Bertz CT molecular complexity index is 1360. The largest absolute Gasteiger partial charge is 0.495 e. The fourth-order valence-electron chi connectivity index (χ4n) is 5.11. The Hall–Kier alpha value is -3.26. The quantitative estimate of drug-likeness (QED) is 0.429. The van der Waals surface area contributed by atoms with Gasteiger partial charge in [0.2, 0.25) is 5.91 Å². The fourth-order valence-corrected chi connectivity index (χ4v) is 5.86. The molecule has 5 rings (SSSR count). The Kier molecular flexibility index (Phi) is 7.79. The number of nitrogens with one attached hydrogen (secondary N) is 1. The molecule has 2 heterocycles. The highest BCUT2D eigenvalue weighted by atomic mass is 35.5. The first kappa shape index (κ1) is 26.4. The van der Waals surface area contributed by atoms with E-state index in [1.54, 1.807) is 20.3 Å². The average molecular weight is 554 g/mol. The number of carbonyl (C=O) groups excluding carboxylic acids is 1. The molecule has 2 aliphatic heterocycles. The lowest BCUT2D eigenvalue weighted by Crippen LogP contribution is -2.36.